The van der Waals surface area contributed by atoms with Gasteiger partial charge in [0.15, 0.2) is 6.10 Å². The first-order chi connectivity index (χ1) is 7.95. The molecule has 0 aliphatic rings. The zero-order chi connectivity index (χ0) is 13.0. The van der Waals surface area contributed by atoms with Gasteiger partial charge < -0.3 is 14.9 Å². The van der Waals surface area contributed by atoms with E-state index in [-0.39, 0.29) is 0 Å². The standard InChI is InChI=1S/C12H15BrO4/c1-3-10(12(15)16)17-11-6-8(13)4-5-9(11)7(2)14/h4-7,10,14H,3H2,1-2H3,(H,15,16)/t7-,10?/m0/s1. The molecule has 0 bridgehead atoms. The van der Waals surface area contributed by atoms with Crippen molar-refractivity contribution < 1.29 is 19.7 Å². The Morgan fingerprint density at radius 1 is 1.53 bits per heavy atom. The topological polar surface area (TPSA) is 66.8 Å². The molecule has 0 saturated heterocycles. The van der Waals surface area contributed by atoms with Gasteiger partial charge in [-0.05, 0) is 25.5 Å². The van der Waals surface area contributed by atoms with E-state index in [1.165, 1.54) is 0 Å². The normalized spacial score (nSPS) is 14.1. The predicted octanol–water partition coefficient (Wildman–Crippen LogP) is 2.74. The van der Waals surface area contributed by atoms with Gasteiger partial charge in [0.1, 0.15) is 5.75 Å². The molecule has 17 heavy (non-hydrogen) atoms. The Kier molecular flexibility index (Phi) is 4.96. The zero-order valence-electron chi connectivity index (χ0n) is 9.68. The number of aliphatic hydroxyl groups is 1. The maximum absolute atomic E-state index is 10.9. The first kappa shape index (κ1) is 14.0. The van der Waals surface area contributed by atoms with Crippen LogP contribution in [0.1, 0.15) is 31.9 Å². The molecule has 94 valence electrons. The molecule has 2 N–H and O–H groups in total. The molecule has 1 unspecified atom stereocenters. The van der Waals surface area contributed by atoms with E-state index in [0.29, 0.717) is 17.7 Å². The smallest absolute Gasteiger partial charge is 0.344 e. The maximum atomic E-state index is 10.9. The molecular weight excluding hydrogens is 288 g/mol. The average Bonchev–Trinajstić information content (AvgIpc) is 2.25. The van der Waals surface area contributed by atoms with E-state index in [2.05, 4.69) is 15.9 Å². The minimum atomic E-state index is -1.01. The van der Waals surface area contributed by atoms with Crippen LogP contribution < -0.4 is 4.74 Å². The number of ether oxygens (including phenoxy) is 1. The quantitative estimate of drug-likeness (QED) is 0.877. The lowest BCUT2D eigenvalue weighted by Crippen LogP contribution is -2.26. The van der Waals surface area contributed by atoms with Crippen LogP contribution in [0, 0.1) is 0 Å². The van der Waals surface area contributed by atoms with Crippen LogP contribution in [-0.2, 0) is 4.79 Å². The molecule has 0 amide bonds. The maximum Gasteiger partial charge on any atom is 0.344 e. The second-order valence-corrected chi connectivity index (χ2v) is 4.63. The Balaban J connectivity index is 3.02. The van der Waals surface area contributed by atoms with Crippen molar-refractivity contribution in [1.29, 1.82) is 0 Å². The molecule has 0 aliphatic carbocycles. The molecule has 0 fully saturated rings. The Hall–Kier alpha value is -1.07. The van der Waals surface area contributed by atoms with E-state index in [1.54, 1.807) is 32.0 Å². The molecule has 5 heteroatoms. The van der Waals surface area contributed by atoms with E-state index in [4.69, 9.17) is 9.84 Å². The third-order valence-corrected chi connectivity index (χ3v) is 2.83. The summed E-state index contributed by atoms with van der Waals surface area (Å²) in [5.74, 6) is -0.618. The van der Waals surface area contributed by atoms with Gasteiger partial charge in [-0.3, -0.25) is 0 Å². The summed E-state index contributed by atoms with van der Waals surface area (Å²) >= 11 is 3.29. The van der Waals surface area contributed by atoms with Gasteiger partial charge in [0, 0.05) is 10.0 Å². The summed E-state index contributed by atoms with van der Waals surface area (Å²) < 4.78 is 6.18. The molecule has 0 saturated carbocycles. The van der Waals surface area contributed by atoms with Crippen molar-refractivity contribution in [2.24, 2.45) is 0 Å². The Morgan fingerprint density at radius 2 is 2.18 bits per heavy atom. The zero-order valence-corrected chi connectivity index (χ0v) is 11.3. The van der Waals surface area contributed by atoms with Crippen molar-refractivity contribution in [1.82, 2.24) is 0 Å². The van der Waals surface area contributed by atoms with Crippen LogP contribution in [0.25, 0.3) is 0 Å². The van der Waals surface area contributed by atoms with Crippen LogP contribution in [-0.4, -0.2) is 22.3 Å². The van der Waals surface area contributed by atoms with Crippen LogP contribution in [0.3, 0.4) is 0 Å². The van der Waals surface area contributed by atoms with Gasteiger partial charge in [0.25, 0.3) is 0 Å². The molecule has 1 aromatic carbocycles. The molecule has 1 rings (SSSR count). The minimum absolute atomic E-state index is 0.362. The van der Waals surface area contributed by atoms with Crippen molar-refractivity contribution >= 4 is 21.9 Å². The number of halogens is 1. The lowest BCUT2D eigenvalue weighted by molar-refractivity contribution is -0.145. The summed E-state index contributed by atoms with van der Waals surface area (Å²) in [6.45, 7) is 3.34. The van der Waals surface area contributed by atoms with Crippen molar-refractivity contribution in [2.75, 3.05) is 0 Å². The number of carboxylic acids is 1. The number of aliphatic carboxylic acids is 1. The Bertz CT molecular complexity index is 403. The molecule has 0 heterocycles. The van der Waals surface area contributed by atoms with E-state index in [1.807, 2.05) is 0 Å². The highest BCUT2D eigenvalue weighted by molar-refractivity contribution is 9.10. The van der Waals surface area contributed by atoms with Crippen molar-refractivity contribution in [2.45, 2.75) is 32.5 Å². The third-order valence-electron chi connectivity index (χ3n) is 2.34. The number of benzene rings is 1. The van der Waals surface area contributed by atoms with Gasteiger partial charge in [-0.2, -0.15) is 0 Å². The SMILES string of the molecule is CCC(Oc1cc(Br)ccc1[C@H](C)O)C(=O)O. The van der Waals surface area contributed by atoms with Crippen LogP contribution in [0.5, 0.6) is 5.75 Å². The highest BCUT2D eigenvalue weighted by Crippen LogP contribution is 2.29. The lowest BCUT2D eigenvalue weighted by Gasteiger charge is -2.18. The van der Waals surface area contributed by atoms with Gasteiger partial charge in [-0.25, -0.2) is 4.79 Å². The van der Waals surface area contributed by atoms with Crippen LogP contribution in [0.2, 0.25) is 0 Å². The monoisotopic (exact) mass is 302 g/mol. The van der Waals surface area contributed by atoms with E-state index >= 15 is 0 Å². The van der Waals surface area contributed by atoms with E-state index < -0.39 is 18.2 Å². The number of hydrogen-bond donors (Lipinski definition) is 2. The molecule has 0 radical (unpaired) electrons. The predicted molar refractivity (Wildman–Crippen MR) is 67.1 cm³/mol. The van der Waals surface area contributed by atoms with Crippen molar-refractivity contribution in [3.05, 3.63) is 28.2 Å². The van der Waals surface area contributed by atoms with Gasteiger partial charge in [0.2, 0.25) is 0 Å². The summed E-state index contributed by atoms with van der Waals surface area (Å²) in [5, 5.41) is 18.5. The van der Waals surface area contributed by atoms with Gasteiger partial charge in [-0.1, -0.05) is 28.9 Å². The van der Waals surface area contributed by atoms with Crippen LogP contribution in [0.15, 0.2) is 22.7 Å². The molecule has 0 spiro atoms. The molecule has 2 atom stereocenters. The molecule has 0 aliphatic heterocycles. The van der Waals surface area contributed by atoms with Gasteiger partial charge in [-0.15, -0.1) is 0 Å². The Morgan fingerprint density at radius 3 is 2.65 bits per heavy atom. The number of aliphatic hydroxyl groups excluding tert-OH is 1. The van der Waals surface area contributed by atoms with Gasteiger partial charge in [0.05, 0.1) is 6.10 Å². The summed E-state index contributed by atoms with van der Waals surface area (Å²) in [6, 6.07) is 5.14. The number of rotatable bonds is 5. The Labute approximate surface area is 108 Å². The second-order valence-electron chi connectivity index (χ2n) is 3.71. The largest absolute Gasteiger partial charge is 0.479 e. The summed E-state index contributed by atoms with van der Waals surface area (Å²) in [7, 11) is 0. The van der Waals surface area contributed by atoms with E-state index in [0.717, 1.165) is 4.47 Å². The fraction of sp³-hybridized carbons (Fsp3) is 0.417. The average molecular weight is 303 g/mol. The highest BCUT2D eigenvalue weighted by atomic mass is 79.9. The molecule has 1 aromatic rings. The fourth-order valence-corrected chi connectivity index (χ4v) is 1.76. The number of carbonyl (C=O) groups is 1. The first-order valence-electron chi connectivity index (χ1n) is 5.32. The molecule has 0 aromatic heterocycles. The van der Waals surface area contributed by atoms with Crippen molar-refractivity contribution in [3.8, 4) is 5.75 Å². The lowest BCUT2D eigenvalue weighted by atomic mass is 10.1. The number of carboxylic acid groups (broad SMARTS) is 1. The number of hydrogen-bond acceptors (Lipinski definition) is 3. The third kappa shape index (κ3) is 3.71. The van der Waals surface area contributed by atoms with Gasteiger partial charge >= 0.3 is 5.97 Å². The fourth-order valence-electron chi connectivity index (χ4n) is 1.42. The summed E-state index contributed by atoms with van der Waals surface area (Å²) in [5.41, 5.74) is 0.577. The molecule has 4 nitrogen and oxygen atoms in total. The summed E-state index contributed by atoms with van der Waals surface area (Å²) in [4.78, 5) is 10.9. The second kappa shape index (κ2) is 6.02. The van der Waals surface area contributed by atoms with E-state index in [9.17, 15) is 9.90 Å². The molecular formula is C12H15BrO4. The van der Waals surface area contributed by atoms with Crippen molar-refractivity contribution in [3.63, 3.8) is 0 Å². The van der Waals surface area contributed by atoms with Crippen LogP contribution >= 0.6 is 15.9 Å². The van der Waals surface area contributed by atoms with Crippen LogP contribution in [0.4, 0.5) is 0 Å². The first-order valence-corrected chi connectivity index (χ1v) is 6.12. The minimum Gasteiger partial charge on any atom is -0.479 e. The summed E-state index contributed by atoms with van der Waals surface area (Å²) in [6.07, 6.45) is -1.24. The highest BCUT2D eigenvalue weighted by Gasteiger charge is 2.19.